The van der Waals surface area contributed by atoms with Crippen LogP contribution in [-0.2, 0) is 20.0 Å². The molecule has 1 aromatic carbocycles. The Morgan fingerprint density at radius 1 is 0.920 bits per heavy atom. The summed E-state index contributed by atoms with van der Waals surface area (Å²) in [6.07, 6.45) is 2.94. The number of hydrogen-bond donors (Lipinski definition) is 1. The van der Waals surface area contributed by atoms with Crippen molar-refractivity contribution in [3.05, 3.63) is 41.8 Å². The van der Waals surface area contributed by atoms with E-state index in [9.17, 15) is 16.8 Å². The van der Waals surface area contributed by atoms with Gasteiger partial charge in [0.1, 0.15) is 0 Å². The predicted octanol–water partition coefficient (Wildman–Crippen LogP) is 1.15. The van der Waals surface area contributed by atoms with Crippen molar-refractivity contribution < 1.29 is 16.8 Å². The Morgan fingerprint density at radius 3 is 2.08 bits per heavy atom. The maximum absolute atomic E-state index is 12.7. The monoisotopic (exact) mass is 404 g/mol. The predicted molar refractivity (Wildman–Crippen MR) is 92.2 cm³/mol. The third-order valence-corrected chi connectivity index (χ3v) is 7.95. The first-order valence-electron chi connectivity index (χ1n) is 7.56. The van der Waals surface area contributed by atoms with E-state index in [1.54, 1.807) is 0 Å². The number of nitrogens with zero attached hydrogens (tertiary/aromatic N) is 3. The molecule has 0 radical (unpaired) electrons. The van der Waals surface area contributed by atoms with Crippen LogP contribution in [0.2, 0.25) is 5.02 Å². The van der Waals surface area contributed by atoms with Gasteiger partial charge >= 0.3 is 0 Å². The summed E-state index contributed by atoms with van der Waals surface area (Å²) in [6.45, 7) is 0.653. The van der Waals surface area contributed by atoms with E-state index in [-0.39, 0.29) is 36.1 Å². The van der Waals surface area contributed by atoms with Crippen molar-refractivity contribution in [1.82, 2.24) is 18.6 Å². The molecule has 1 aliphatic heterocycles. The number of H-pyrrole nitrogens is 1. The van der Waals surface area contributed by atoms with Crippen molar-refractivity contribution in [1.29, 1.82) is 0 Å². The van der Waals surface area contributed by atoms with E-state index >= 15 is 0 Å². The number of halogens is 1. The topological polar surface area (TPSA) is 103 Å². The van der Waals surface area contributed by atoms with E-state index in [1.807, 2.05) is 0 Å². The molecule has 1 fully saturated rings. The lowest BCUT2D eigenvalue weighted by atomic mass is 10.4. The van der Waals surface area contributed by atoms with Crippen molar-refractivity contribution in [2.45, 2.75) is 16.3 Å². The highest BCUT2D eigenvalue weighted by molar-refractivity contribution is 7.89. The molecule has 1 N–H and O–H groups in total. The second kappa shape index (κ2) is 7.04. The van der Waals surface area contributed by atoms with Gasteiger partial charge in [-0.05, 0) is 30.7 Å². The molecule has 2 heterocycles. The summed E-state index contributed by atoms with van der Waals surface area (Å²) in [5.74, 6) is 0. The molecule has 0 aliphatic carbocycles. The third kappa shape index (κ3) is 3.72. The molecular formula is C14H17ClN4O4S2. The molecule has 0 atom stereocenters. The normalized spacial score (nSPS) is 18.1. The van der Waals surface area contributed by atoms with E-state index in [1.165, 1.54) is 45.4 Å². The van der Waals surface area contributed by atoms with E-state index in [2.05, 4.69) is 9.97 Å². The Bertz CT molecular complexity index is 928. The minimum Gasteiger partial charge on any atom is -0.335 e. The van der Waals surface area contributed by atoms with Crippen LogP contribution in [0.1, 0.15) is 6.42 Å². The summed E-state index contributed by atoms with van der Waals surface area (Å²) in [6, 6.07) is 5.92. The maximum Gasteiger partial charge on any atom is 0.260 e. The summed E-state index contributed by atoms with van der Waals surface area (Å²) in [7, 11) is -7.40. The molecule has 1 aromatic heterocycles. The summed E-state index contributed by atoms with van der Waals surface area (Å²) < 4.78 is 53.1. The highest BCUT2D eigenvalue weighted by Gasteiger charge is 2.32. The number of benzene rings is 1. The van der Waals surface area contributed by atoms with Gasteiger partial charge in [0.05, 0.1) is 17.4 Å². The number of sulfonamides is 2. The highest BCUT2D eigenvalue weighted by Crippen LogP contribution is 2.21. The molecule has 0 saturated carbocycles. The van der Waals surface area contributed by atoms with Crippen LogP contribution in [0.5, 0.6) is 0 Å². The number of aromatic nitrogens is 2. The average Bonchev–Trinajstić information content (AvgIpc) is 3.00. The number of imidazole rings is 1. The molecule has 8 nitrogen and oxygen atoms in total. The van der Waals surface area contributed by atoms with Crippen LogP contribution in [0, 0.1) is 0 Å². The summed E-state index contributed by atoms with van der Waals surface area (Å²) in [5.41, 5.74) is 0. The van der Waals surface area contributed by atoms with E-state index < -0.39 is 20.0 Å². The SMILES string of the molecule is O=S(=O)(c1ccc(Cl)cc1)N1CCCN(S(=O)(=O)c2cnc[nH]2)CC1. The van der Waals surface area contributed by atoms with Crippen LogP contribution >= 0.6 is 11.6 Å². The first-order valence-corrected chi connectivity index (χ1v) is 10.8. The first-order chi connectivity index (χ1) is 11.8. The molecule has 3 rings (SSSR count). The zero-order valence-corrected chi connectivity index (χ0v) is 15.6. The molecule has 0 amide bonds. The fourth-order valence-corrected chi connectivity index (χ4v) is 5.59. The molecule has 1 aliphatic rings. The van der Waals surface area contributed by atoms with Gasteiger partial charge in [0.25, 0.3) is 10.0 Å². The van der Waals surface area contributed by atoms with Crippen LogP contribution < -0.4 is 0 Å². The fraction of sp³-hybridized carbons (Fsp3) is 0.357. The van der Waals surface area contributed by atoms with Crippen LogP contribution in [-0.4, -0.2) is 61.6 Å². The van der Waals surface area contributed by atoms with Gasteiger partial charge < -0.3 is 4.98 Å². The molecular weight excluding hydrogens is 388 g/mol. The molecule has 0 unspecified atom stereocenters. The van der Waals surface area contributed by atoms with Gasteiger partial charge in [-0.15, -0.1) is 0 Å². The van der Waals surface area contributed by atoms with Gasteiger partial charge in [-0.1, -0.05) is 11.6 Å². The van der Waals surface area contributed by atoms with Crippen molar-refractivity contribution >= 4 is 31.6 Å². The van der Waals surface area contributed by atoms with Crippen molar-refractivity contribution in [2.75, 3.05) is 26.2 Å². The van der Waals surface area contributed by atoms with Gasteiger partial charge in [0.15, 0.2) is 5.03 Å². The smallest absolute Gasteiger partial charge is 0.260 e. The second-order valence-corrected chi connectivity index (χ2v) is 9.81. The molecule has 0 spiro atoms. The zero-order chi connectivity index (χ0) is 18.1. The average molecular weight is 405 g/mol. The van der Waals surface area contributed by atoms with Crippen molar-refractivity contribution in [2.24, 2.45) is 0 Å². The van der Waals surface area contributed by atoms with E-state index in [4.69, 9.17) is 11.6 Å². The van der Waals surface area contributed by atoms with Gasteiger partial charge in [-0.2, -0.15) is 8.61 Å². The number of hydrogen-bond acceptors (Lipinski definition) is 5. The first kappa shape index (κ1) is 18.3. The molecule has 136 valence electrons. The van der Waals surface area contributed by atoms with E-state index in [0.717, 1.165) is 0 Å². The third-order valence-electron chi connectivity index (χ3n) is 3.96. The van der Waals surface area contributed by atoms with Crippen molar-refractivity contribution in [3.63, 3.8) is 0 Å². The Labute approximate surface area is 151 Å². The molecule has 25 heavy (non-hydrogen) atoms. The Balaban J connectivity index is 1.79. The van der Waals surface area contributed by atoms with Crippen LogP contribution in [0.15, 0.2) is 46.7 Å². The van der Waals surface area contributed by atoms with Crippen molar-refractivity contribution in [3.8, 4) is 0 Å². The second-order valence-electron chi connectivity index (χ2n) is 5.53. The Morgan fingerprint density at radius 2 is 1.52 bits per heavy atom. The van der Waals surface area contributed by atoms with E-state index in [0.29, 0.717) is 11.4 Å². The highest BCUT2D eigenvalue weighted by atomic mass is 35.5. The lowest BCUT2D eigenvalue weighted by Crippen LogP contribution is -2.37. The lowest BCUT2D eigenvalue weighted by molar-refractivity contribution is 0.403. The number of aromatic amines is 1. The Kier molecular flexibility index (Phi) is 5.16. The summed E-state index contributed by atoms with van der Waals surface area (Å²) in [4.78, 5) is 6.45. The lowest BCUT2D eigenvalue weighted by Gasteiger charge is -2.21. The molecule has 2 aromatic rings. The number of nitrogens with one attached hydrogen (secondary N) is 1. The standard InChI is InChI=1S/C14H17ClN4O4S2/c15-12-2-4-13(5-3-12)24(20,21)18-6-1-7-19(9-8-18)25(22,23)14-10-16-11-17-14/h2-5,10-11H,1,6-9H2,(H,16,17). The maximum atomic E-state index is 12.7. The summed E-state index contributed by atoms with van der Waals surface area (Å²) in [5, 5.41) is 0.452. The quantitative estimate of drug-likeness (QED) is 0.823. The Hall–Kier alpha value is -1.46. The molecule has 11 heteroatoms. The van der Waals surface area contributed by atoms with Gasteiger partial charge in [-0.25, -0.2) is 21.8 Å². The van der Waals surface area contributed by atoms with Crippen LogP contribution in [0.3, 0.4) is 0 Å². The zero-order valence-electron chi connectivity index (χ0n) is 13.2. The van der Waals surface area contributed by atoms with Crippen LogP contribution in [0.4, 0.5) is 0 Å². The number of rotatable bonds is 4. The van der Waals surface area contributed by atoms with Gasteiger partial charge in [0.2, 0.25) is 10.0 Å². The van der Waals surface area contributed by atoms with Gasteiger partial charge in [-0.3, -0.25) is 0 Å². The summed E-state index contributed by atoms with van der Waals surface area (Å²) >= 11 is 5.80. The van der Waals surface area contributed by atoms with Crippen LogP contribution in [0.25, 0.3) is 0 Å². The van der Waals surface area contributed by atoms with Gasteiger partial charge in [0, 0.05) is 31.2 Å². The molecule has 1 saturated heterocycles. The largest absolute Gasteiger partial charge is 0.335 e. The minimum atomic E-state index is -3.70. The minimum absolute atomic E-state index is 0.00140. The molecule has 0 bridgehead atoms. The fourth-order valence-electron chi connectivity index (χ4n) is 2.63.